The highest BCUT2D eigenvalue weighted by atomic mass is 32.1. The fourth-order valence-electron chi connectivity index (χ4n) is 5.37. The summed E-state index contributed by atoms with van der Waals surface area (Å²) in [5.41, 5.74) is 2.26. The molecule has 1 fully saturated rings. The summed E-state index contributed by atoms with van der Waals surface area (Å²) in [6, 6.07) is 14.6. The third-order valence-corrected chi connectivity index (χ3v) is 8.07. The second-order valence-electron chi connectivity index (χ2n) is 9.07. The van der Waals surface area contributed by atoms with Crippen molar-refractivity contribution >= 4 is 23.2 Å². The van der Waals surface area contributed by atoms with E-state index in [1.165, 1.54) is 17.4 Å². The molecule has 184 valence electrons. The van der Waals surface area contributed by atoms with E-state index in [9.17, 15) is 18.4 Å². The van der Waals surface area contributed by atoms with Crippen molar-refractivity contribution in [2.24, 2.45) is 0 Å². The number of piperidine rings is 1. The van der Waals surface area contributed by atoms with Gasteiger partial charge in [-0.3, -0.25) is 9.59 Å². The molecule has 0 unspecified atom stereocenters. The van der Waals surface area contributed by atoms with Crippen molar-refractivity contribution < 1.29 is 18.4 Å². The van der Waals surface area contributed by atoms with Crippen LogP contribution < -0.4 is 0 Å². The van der Waals surface area contributed by atoms with E-state index in [-0.39, 0.29) is 29.9 Å². The molecule has 3 atom stereocenters. The van der Waals surface area contributed by atoms with Crippen molar-refractivity contribution in [1.82, 2.24) is 9.80 Å². The second-order valence-corrected chi connectivity index (χ2v) is 10.2. The molecule has 3 aromatic rings. The second kappa shape index (κ2) is 9.82. The number of halogens is 2. The third kappa shape index (κ3) is 4.17. The van der Waals surface area contributed by atoms with Gasteiger partial charge in [-0.15, -0.1) is 17.9 Å². The molecule has 5 rings (SSSR count). The number of amides is 2. The SMILES string of the molecule is C=CCN(C(=O)c1ccc(-c2ccc(F)c(F)c2)s1)[C@H]1C[C@@H](/C=C/C)N2C(=O)c3ccccc3[C@@H]2C1. The summed E-state index contributed by atoms with van der Waals surface area (Å²) < 4.78 is 27.1. The van der Waals surface area contributed by atoms with Crippen LogP contribution in [-0.4, -0.2) is 40.2 Å². The monoisotopic (exact) mass is 504 g/mol. The minimum Gasteiger partial charge on any atom is -0.331 e. The van der Waals surface area contributed by atoms with Crippen LogP contribution in [0.5, 0.6) is 0 Å². The molecule has 0 bridgehead atoms. The number of fused-ring (bicyclic) bond motifs is 3. The lowest BCUT2D eigenvalue weighted by Gasteiger charge is -2.44. The van der Waals surface area contributed by atoms with Crippen molar-refractivity contribution in [1.29, 1.82) is 0 Å². The molecule has 2 amide bonds. The van der Waals surface area contributed by atoms with E-state index in [0.717, 1.165) is 23.3 Å². The highest BCUT2D eigenvalue weighted by Gasteiger charge is 2.46. The molecule has 7 heteroatoms. The van der Waals surface area contributed by atoms with Gasteiger partial charge in [-0.25, -0.2) is 8.78 Å². The third-order valence-electron chi connectivity index (χ3n) is 6.95. The van der Waals surface area contributed by atoms with E-state index in [4.69, 9.17) is 0 Å². The van der Waals surface area contributed by atoms with E-state index >= 15 is 0 Å². The molecule has 0 radical (unpaired) electrons. The van der Waals surface area contributed by atoms with Gasteiger partial charge in [0, 0.05) is 23.0 Å². The molecular weight excluding hydrogens is 478 g/mol. The molecule has 0 aliphatic carbocycles. The maximum atomic E-state index is 13.8. The average Bonchev–Trinajstić information content (AvgIpc) is 3.48. The fourth-order valence-corrected chi connectivity index (χ4v) is 6.32. The molecule has 2 aliphatic heterocycles. The van der Waals surface area contributed by atoms with Gasteiger partial charge in [0.2, 0.25) is 0 Å². The van der Waals surface area contributed by atoms with Gasteiger partial charge in [-0.05, 0) is 61.2 Å². The van der Waals surface area contributed by atoms with Crippen LogP contribution in [0.3, 0.4) is 0 Å². The number of thiophene rings is 1. The van der Waals surface area contributed by atoms with E-state index in [0.29, 0.717) is 34.7 Å². The van der Waals surface area contributed by atoms with E-state index in [2.05, 4.69) is 6.58 Å². The number of carbonyl (C=O) groups is 2. The number of carbonyl (C=O) groups excluding carboxylic acids is 2. The lowest BCUT2D eigenvalue weighted by Crippen LogP contribution is -2.51. The first-order valence-corrected chi connectivity index (χ1v) is 12.8. The Morgan fingerprint density at radius 3 is 2.69 bits per heavy atom. The van der Waals surface area contributed by atoms with Gasteiger partial charge in [-0.2, -0.15) is 0 Å². The summed E-state index contributed by atoms with van der Waals surface area (Å²) in [5, 5.41) is 0. The van der Waals surface area contributed by atoms with Crippen LogP contribution in [0.25, 0.3) is 10.4 Å². The van der Waals surface area contributed by atoms with Gasteiger partial charge in [0.1, 0.15) is 0 Å². The predicted octanol–water partition coefficient (Wildman–Crippen LogP) is 6.63. The number of rotatable bonds is 6. The van der Waals surface area contributed by atoms with Gasteiger partial charge < -0.3 is 9.80 Å². The zero-order valence-corrected chi connectivity index (χ0v) is 20.7. The molecule has 2 aromatic carbocycles. The Morgan fingerprint density at radius 2 is 1.94 bits per heavy atom. The molecule has 0 N–H and O–H groups in total. The Labute approximate surface area is 213 Å². The summed E-state index contributed by atoms with van der Waals surface area (Å²) in [4.78, 5) is 31.9. The maximum Gasteiger partial charge on any atom is 0.264 e. The zero-order valence-electron chi connectivity index (χ0n) is 19.9. The summed E-state index contributed by atoms with van der Waals surface area (Å²) in [5.74, 6) is -1.93. The largest absolute Gasteiger partial charge is 0.331 e. The van der Waals surface area contributed by atoms with Gasteiger partial charge in [0.25, 0.3) is 11.8 Å². The van der Waals surface area contributed by atoms with Gasteiger partial charge >= 0.3 is 0 Å². The summed E-state index contributed by atoms with van der Waals surface area (Å²) in [6.07, 6.45) is 6.96. The van der Waals surface area contributed by atoms with Crippen LogP contribution in [-0.2, 0) is 0 Å². The zero-order chi connectivity index (χ0) is 25.4. The highest BCUT2D eigenvalue weighted by molar-refractivity contribution is 7.17. The smallest absolute Gasteiger partial charge is 0.264 e. The van der Waals surface area contributed by atoms with Crippen LogP contribution in [0.15, 0.2) is 79.4 Å². The van der Waals surface area contributed by atoms with Crippen molar-refractivity contribution in [3.63, 3.8) is 0 Å². The molecule has 3 heterocycles. The van der Waals surface area contributed by atoms with Crippen molar-refractivity contribution in [2.45, 2.75) is 37.9 Å². The van der Waals surface area contributed by atoms with E-state index in [1.54, 1.807) is 18.2 Å². The molecular formula is C29H26F2N2O2S. The normalized spacial score (nSPS) is 20.9. The highest BCUT2D eigenvalue weighted by Crippen LogP contribution is 2.44. The Kier molecular flexibility index (Phi) is 6.58. The molecule has 1 aromatic heterocycles. The van der Waals surface area contributed by atoms with Crippen molar-refractivity contribution in [2.75, 3.05) is 6.54 Å². The number of nitrogens with zero attached hydrogens (tertiary/aromatic N) is 2. The lowest BCUT2D eigenvalue weighted by atomic mass is 9.88. The number of hydrogen-bond donors (Lipinski definition) is 0. The quantitative estimate of drug-likeness (QED) is 0.354. The summed E-state index contributed by atoms with van der Waals surface area (Å²) >= 11 is 1.25. The standard InChI is InChI=1S/C29H26F2N2O2S/c1-3-7-19-16-20(17-25-21-8-5-6-9-22(21)28(34)33(19)25)32(14-4-2)29(35)27-13-12-26(36-27)18-10-11-23(30)24(31)15-18/h3-13,15,19-20,25H,2,14,16-17H2,1H3/b7-3+/t19-,20+,25+/m1/s1. The molecule has 36 heavy (non-hydrogen) atoms. The Balaban J connectivity index is 1.45. The molecule has 0 saturated carbocycles. The lowest BCUT2D eigenvalue weighted by molar-refractivity contribution is 0.0350. The molecule has 1 saturated heterocycles. The minimum absolute atomic E-state index is 0.0353. The average molecular weight is 505 g/mol. The van der Waals surface area contributed by atoms with Crippen LogP contribution >= 0.6 is 11.3 Å². The molecule has 4 nitrogen and oxygen atoms in total. The minimum atomic E-state index is -0.921. The first kappa shape index (κ1) is 24.1. The van der Waals surface area contributed by atoms with Crippen molar-refractivity contribution in [3.8, 4) is 10.4 Å². The predicted molar refractivity (Wildman–Crippen MR) is 138 cm³/mol. The fraction of sp³-hybridized carbons (Fsp3) is 0.241. The van der Waals surface area contributed by atoms with Gasteiger partial charge in [0.05, 0.1) is 17.0 Å². The Hall–Kier alpha value is -3.58. The molecule has 2 aliphatic rings. The van der Waals surface area contributed by atoms with Crippen LogP contribution in [0.2, 0.25) is 0 Å². The Bertz CT molecular complexity index is 1360. The Morgan fingerprint density at radius 1 is 1.14 bits per heavy atom. The van der Waals surface area contributed by atoms with Crippen LogP contribution in [0.1, 0.15) is 51.4 Å². The first-order chi connectivity index (χ1) is 17.4. The van der Waals surface area contributed by atoms with Crippen LogP contribution in [0.4, 0.5) is 8.78 Å². The topological polar surface area (TPSA) is 40.6 Å². The molecule has 0 spiro atoms. The van der Waals surface area contributed by atoms with Gasteiger partial charge in [0.15, 0.2) is 11.6 Å². The van der Waals surface area contributed by atoms with Gasteiger partial charge in [-0.1, -0.05) is 42.5 Å². The first-order valence-electron chi connectivity index (χ1n) is 11.9. The number of hydrogen-bond acceptors (Lipinski definition) is 3. The van der Waals surface area contributed by atoms with E-state index < -0.39 is 11.6 Å². The summed E-state index contributed by atoms with van der Waals surface area (Å²) in [6.45, 7) is 6.17. The maximum absolute atomic E-state index is 13.8. The van der Waals surface area contributed by atoms with Crippen molar-refractivity contribution in [3.05, 3.63) is 107 Å². The van der Waals surface area contributed by atoms with E-state index in [1.807, 2.05) is 53.1 Å². The summed E-state index contributed by atoms with van der Waals surface area (Å²) in [7, 11) is 0. The number of allylic oxidation sites excluding steroid dienone is 1. The van der Waals surface area contributed by atoms with Crippen LogP contribution in [0, 0.1) is 11.6 Å². The number of benzene rings is 2.